The van der Waals surface area contributed by atoms with Crippen LogP contribution in [-0.4, -0.2) is 91.9 Å². The molecule has 0 bridgehead atoms. The number of aromatic hydroxyl groups is 4. The van der Waals surface area contributed by atoms with Crippen molar-refractivity contribution >= 4 is 23.9 Å². The Morgan fingerprint density at radius 2 is 1.45 bits per heavy atom. The van der Waals surface area contributed by atoms with E-state index < -0.39 is 66.3 Å². The molecule has 232 valence electrons. The molecule has 5 atom stereocenters. The zero-order chi connectivity index (χ0) is 32.0. The number of hydrogen-bond acceptors (Lipinski definition) is 13. The average Bonchev–Trinajstić information content (AvgIpc) is 3.01. The second kappa shape index (κ2) is 13.9. The number of allylic oxidation sites excluding steroid dienone is 1. The molecule has 3 aromatic carbocycles. The summed E-state index contributed by atoms with van der Waals surface area (Å²) >= 11 is 0. The molecule has 7 N–H and O–H groups in total. The average molecular weight is 611 g/mol. The number of hydrogen-bond donors (Lipinski definition) is 7. The lowest BCUT2D eigenvalue weighted by atomic mass is 9.99. The van der Waals surface area contributed by atoms with Gasteiger partial charge >= 0.3 is 5.97 Å². The van der Waals surface area contributed by atoms with Crippen LogP contribution in [0.5, 0.6) is 34.5 Å². The molecule has 13 nitrogen and oxygen atoms in total. The number of phenolic OH excluding ortho intramolecular Hbond substituents is 4. The maximum absolute atomic E-state index is 12.7. The van der Waals surface area contributed by atoms with Gasteiger partial charge in [0.25, 0.3) is 0 Å². The van der Waals surface area contributed by atoms with Crippen LogP contribution in [0.15, 0.2) is 66.7 Å². The summed E-state index contributed by atoms with van der Waals surface area (Å²) in [5, 5.41) is 71.3. The summed E-state index contributed by atoms with van der Waals surface area (Å²) in [6.45, 7) is -0.549. The van der Waals surface area contributed by atoms with Gasteiger partial charge in [0, 0.05) is 6.08 Å². The van der Waals surface area contributed by atoms with E-state index in [1.807, 2.05) is 0 Å². The van der Waals surface area contributed by atoms with Crippen molar-refractivity contribution in [1.29, 1.82) is 0 Å². The SMILES string of the molecule is COc1ccc(/C=C/C(=O)c2ccc(O[C@@H]3OC(COC(=O)/C=C/c4ccc(O)cc4)[C@@H](O)[C@H](O)C3O)c(O)c2O)cc1O. The van der Waals surface area contributed by atoms with Crippen LogP contribution in [0.1, 0.15) is 21.5 Å². The normalized spacial score (nSPS) is 21.8. The highest BCUT2D eigenvalue weighted by molar-refractivity contribution is 6.09. The van der Waals surface area contributed by atoms with Gasteiger partial charge in [0.05, 0.1) is 12.7 Å². The monoisotopic (exact) mass is 610 g/mol. The van der Waals surface area contributed by atoms with Crippen LogP contribution in [0.4, 0.5) is 0 Å². The number of aliphatic hydroxyl groups excluding tert-OH is 3. The molecule has 1 fully saturated rings. The van der Waals surface area contributed by atoms with Gasteiger partial charge in [0.15, 0.2) is 28.8 Å². The van der Waals surface area contributed by atoms with Crippen molar-refractivity contribution in [2.24, 2.45) is 0 Å². The lowest BCUT2D eigenvalue weighted by Gasteiger charge is -2.39. The van der Waals surface area contributed by atoms with Gasteiger partial charge in [-0.3, -0.25) is 4.79 Å². The number of ketones is 1. The molecule has 0 aromatic heterocycles. The molecule has 1 heterocycles. The molecule has 0 amide bonds. The van der Waals surface area contributed by atoms with Gasteiger partial charge in [0.1, 0.15) is 36.8 Å². The van der Waals surface area contributed by atoms with Crippen LogP contribution < -0.4 is 9.47 Å². The van der Waals surface area contributed by atoms with Crippen LogP contribution in [0.2, 0.25) is 0 Å². The number of phenols is 4. The number of carbonyl (C=O) groups excluding carboxylic acids is 2. The van der Waals surface area contributed by atoms with Crippen molar-refractivity contribution in [2.75, 3.05) is 13.7 Å². The first-order chi connectivity index (χ1) is 21.0. The molecular formula is C31H30O13. The van der Waals surface area contributed by atoms with E-state index in [1.54, 1.807) is 18.2 Å². The molecule has 0 spiro atoms. The zero-order valence-electron chi connectivity index (χ0n) is 23.2. The second-order valence-electron chi connectivity index (χ2n) is 9.62. The van der Waals surface area contributed by atoms with E-state index in [0.717, 1.165) is 24.3 Å². The summed E-state index contributed by atoms with van der Waals surface area (Å²) in [4.78, 5) is 24.8. The molecule has 0 aliphatic carbocycles. The van der Waals surface area contributed by atoms with Crippen molar-refractivity contribution in [3.8, 4) is 34.5 Å². The van der Waals surface area contributed by atoms with Crippen molar-refractivity contribution < 1.29 is 64.3 Å². The van der Waals surface area contributed by atoms with Crippen molar-refractivity contribution in [3.63, 3.8) is 0 Å². The third kappa shape index (κ3) is 7.46. The van der Waals surface area contributed by atoms with Gasteiger partial charge in [0.2, 0.25) is 12.0 Å². The molecule has 44 heavy (non-hydrogen) atoms. The van der Waals surface area contributed by atoms with E-state index in [1.165, 1.54) is 43.5 Å². The third-order valence-corrected chi connectivity index (χ3v) is 6.62. The van der Waals surface area contributed by atoms with Crippen molar-refractivity contribution in [3.05, 3.63) is 83.4 Å². The summed E-state index contributed by atoms with van der Waals surface area (Å²) in [5.74, 6) is -3.50. The van der Waals surface area contributed by atoms with E-state index in [9.17, 15) is 45.3 Å². The first-order valence-electron chi connectivity index (χ1n) is 13.1. The standard InChI is InChI=1S/C31H30O13/c1-41-22-11-5-17(14-21(22)34)4-10-20(33)19-9-12-23(27(37)26(19)36)43-31-30(40)29(39)28(38)24(44-31)15-42-25(35)13-6-16-2-7-18(32)8-3-16/h2-14,24,28-32,34,36-40H,15H2,1H3/b10-4+,13-6+/t24?,28-,29+,30?,31-/m1/s1. The van der Waals surface area contributed by atoms with Gasteiger partial charge in [-0.1, -0.05) is 24.3 Å². The molecular weight excluding hydrogens is 580 g/mol. The van der Waals surface area contributed by atoms with E-state index in [4.69, 9.17) is 18.9 Å². The number of carbonyl (C=O) groups is 2. The fourth-order valence-corrected chi connectivity index (χ4v) is 4.17. The van der Waals surface area contributed by atoms with Crippen molar-refractivity contribution in [1.82, 2.24) is 0 Å². The molecule has 13 heteroatoms. The minimum Gasteiger partial charge on any atom is -0.508 e. The Kier molecular flexibility index (Phi) is 10.1. The Balaban J connectivity index is 1.40. The number of methoxy groups -OCH3 is 1. The minimum atomic E-state index is -1.82. The summed E-state index contributed by atoms with van der Waals surface area (Å²) in [5.41, 5.74) is 0.762. The van der Waals surface area contributed by atoms with E-state index in [2.05, 4.69) is 0 Å². The fourth-order valence-electron chi connectivity index (χ4n) is 4.17. The molecule has 1 saturated heterocycles. The van der Waals surface area contributed by atoms with Crippen LogP contribution in [-0.2, 0) is 14.3 Å². The Bertz CT molecular complexity index is 1550. The quantitative estimate of drug-likeness (QED) is 0.0757. The number of rotatable bonds is 10. The van der Waals surface area contributed by atoms with Crippen LogP contribution in [0.3, 0.4) is 0 Å². The van der Waals surface area contributed by atoms with E-state index in [0.29, 0.717) is 11.1 Å². The number of aliphatic hydroxyl groups is 3. The fraction of sp³-hybridized carbons (Fsp3) is 0.226. The maximum Gasteiger partial charge on any atom is 0.330 e. The smallest absolute Gasteiger partial charge is 0.330 e. The molecule has 1 aliphatic rings. The van der Waals surface area contributed by atoms with Crippen LogP contribution >= 0.6 is 0 Å². The molecule has 0 saturated carbocycles. The Morgan fingerprint density at radius 3 is 2.14 bits per heavy atom. The molecule has 1 aliphatic heterocycles. The second-order valence-corrected chi connectivity index (χ2v) is 9.62. The minimum absolute atomic E-state index is 0.0547. The predicted molar refractivity (Wildman–Crippen MR) is 153 cm³/mol. The Labute approximate surface area is 250 Å². The Hall–Kier alpha value is -5.08. The highest BCUT2D eigenvalue weighted by atomic mass is 16.7. The van der Waals surface area contributed by atoms with Gasteiger partial charge in [-0.15, -0.1) is 0 Å². The summed E-state index contributed by atoms with van der Waals surface area (Å²) in [7, 11) is 1.39. The maximum atomic E-state index is 12.7. The van der Waals surface area contributed by atoms with Crippen molar-refractivity contribution in [2.45, 2.75) is 30.7 Å². The number of benzene rings is 3. The first kappa shape index (κ1) is 31.8. The topological polar surface area (TPSA) is 213 Å². The summed E-state index contributed by atoms with van der Waals surface area (Å²) in [6.07, 6.45) is -3.36. The van der Waals surface area contributed by atoms with E-state index >= 15 is 0 Å². The van der Waals surface area contributed by atoms with Gasteiger partial charge in [-0.05, 0) is 59.7 Å². The first-order valence-corrected chi connectivity index (χ1v) is 13.1. The Morgan fingerprint density at radius 1 is 0.795 bits per heavy atom. The van der Waals surface area contributed by atoms with Gasteiger partial charge in [-0.25, -0.2) is 4.79 Å². The molecule has 3 aromatic rings. The molecule has 0 radical (unpaired) electrons. The highest BCUT2D eigenvalue weighted by Gasteiger charge is 2.45. The third-order valence-electron chi connectivity index (χ3n) is 6.62. The number of esters is 1. The lowest BCUT2D eigenvalue weighted by molar-refractivity contribution is -0.278. The summed E-state index contributed by atoms with van der Waals surface area (Å²) < 4.78 is 21.0. The highest BCUT2D eigenvalue weighted by Crippen LogP contribution is 2.40. The van der Waals surface area contributed by atoms with E-state index in [-0.39, 0.29) is 22.8 Å². The number of ether oxygens (including phenoxy) is 4. The largest absolute Gasteiger partial charge is 0.508 e. The molecule has 2 unspecified atom stereocenters. The zero-order valence-corrected chi connectivity index (χ0v) is 23.2. The van der Waals surface area contributed by atoms with Crippen LogP contribution in [0, 0.1) is 0 Å². The molecule has 4 rings (SSSR count). The predicted octanol–water partition coefficient (Wildman–Crippen LogP) is 1.86. The van der Waals surface area contributed by atoms with Gasteiger partial charge < -0.3 is 54.7 Å². The van der Waals surface area contributed by atoms with Gasteiger partial charge in [-0.2, -0.15) is 0 Å². The summed E-state index contributed by atoms with van der Waals surface area (Å²) in [6, 6.07) is 12.7. The van der Waals surface area contributed by atoms with Crippen LogP contribution in [0.25, 0.3) is 12.2 Å². The lowest BCUT2D eigenvalue weighted by Crippen LogP contribution is -2.60.